The monoisotopic (exact) mass is 821 g/mol. The highest BCUT2D eigenvalue weighted by molar-refractivity contribution is 5.73. The normalized spacial score (nSPS) is 53.1. The minimum atomic E-state index is -1.95. The van der Waals surface area contributed by atoms with Crippen molar-refractivity contribution in [2.75, 3.05) is 13.2 Å². The second-order valence-corrected chi connectivity index (χ2v) is 14.6. The van der Waals surface area contributed by atoms with Crippen molar-refractivity contribution in [2.24, 2.45) is 0 Å². The molecule has 5 aliphatic rings. The third-order valence-electron chi connectivity index (χ3n) is 10.6. The number of hydrogen-bond acceptors (Lipinski definition) is 23. The average Bonchev–Trinajstić information content (AvgIpc) is 3.15. The Morgan fingerprint density at radius 2 is 0.911 bits per heavy atom. The predicted octanol–water partition coefficient (Wildman–Crippen LogP) is -8.70. The van der Waals surface area contributed by atoms with Crippen LogP contribution < -0.4 is 5.32 Å². The van der Waals surface area contributed by atoms with E-state index < -0.39 is 173 Å². The first-order valence-corrected chi connectivity index (χ1v) is 18.2. The zero-order chi connectivity index (χ0) is 41.5. The number of ether oxygens (including phenoxy) is 9. The number of nitrogens with one attached hydrogen (secondary N) is 1. The van der Waals surface area contributed by atoms with Gasteiger partial charge in [0.1, 0.15) is 104 Å². The van der Waals surface area contributed by atoms with E-state index in [4.69, 9.17) is 42.6 Å². The summed E-state index contributed by atoms with van der Waals surface area (Å²) in [6, 6.07) is -1.58. The molecule has 0 unspecified atom stereocenters. The zero-order valence-electron chi connectivity index (χ0n) is 30.7. The minimum absolute atomic E-state index is 0.745. The lowest BCUT2D eigenvalue weighted by atomic mass is 9.94. The Hall–Kier alpha value is -1.41. The molecular weight excluding hydrogens is 766 g/mol. The van der Waals surface area contributed by atoms with Gasteiger partial charge >= 0.3 is 0 Å². The van der Waals surface area contributed by atoms with Crippen LogP contribution in [0.15, 0.2) is 0 Å². The lowest BCUT2D eigenvalue weighted by Gasteiger charge is -2.50. The van der Waals surface area contributed by atoms with Crippen molar-refractivity contribution in [3.8, 4) is 0 Å². The Morgan fingerprint density at radius 3 is 1.50 bits per heavy atom. The lowest BCUT2D eigenvalue weighted by Crippen LogP contribution is -2.70. The third kappa shape index (κ3) is 9.31. The number of amides is 1. The first kappa shape index (κ1) is 45.7. The summed E-state index contributed by atoms with van der Waals surface area (Å²) in [5, 5.41) is 140. The van der Waals surface area contributed by atoms with Crippen LogP contribution in [0, 0.1) is 0 Å². The van der Waals surface area contributed by atoms with Crippen LogP contribution in [0.4, 0.5) is 0 Å². The number of carbonyl (C=O) groups excluding carboxylic acids is 1. The molecule has 5 saturated heterocycles. The van der Waals surface area contributed by atoms with E-state index in [9.17, 15) is 71.2 Å². The molecule has 0 aromatic rings. The lowest BCUT2D eigenvalue weighted by molar-refractivity contribution is -0.399. The molecule has 5 aliphatic heterocycles. The first-order valence-electron chi connectivity index (χ1n) is 18.2. The van der Waals surface area contributed by atoms with Gasteiger partial charge in [0, 0.05) is 6.92 Å². The molecule has 326 valence electrons. The summed E-state index contributed by atoms with van der Waals surface area (Å²) in [5.41, 5.74) is 0. The topological polar surface area (TPSA) is 375 Å². The van der Waals surface area contributed by atoms with Gasteiger partial charge in [-0.15, -0.1) is 0 Å². The average molecular weight is 822 g/mol. The molecule has 0 saturated carbocycles. The minimum Gasteiger partial charge on any atom is -0.394 e. The molecule has 0 aromatic carbocycles. The molecule has 25 atom stereocenters. The summed E-state index contributed by atoms with van der Waals surface area (Å²) < 4.78 is 51.7. The third-order valence-corrected chi connectivity index (χ3v) is 10.6. The Kier molecular flexibility index (Phi) is 15.4. The highest BCUT2D eigenvalue weighted by Crippen LogP contribution is 2.36. The van der Waals surface area contributed by atoms with Gasteiger partial charge in [-0.25, -0.2) is 0 Å². The Morgan fingerprint density at radius 1 is 0.464 bits per heavy atom. The van der Waals surface area contributed by atoms with Crippen LogP contribution in [0.3, 0.4) is 0 Å². The molecule has 1 amide bonds. The van der Waals surface area contributed by atoms with Crippen molar-refractivity contribution in [3.05, 3.63) is 0 Å². The highest BCUT2D eigenvalue weighted by Gasteiger charge is 2.56. The highest BCUT2D eigenvalue weighted by atomic mass is 16.8. The zero-order valence-corrected chi connectivity index (χ0v) is 30.7. The quantitative estimate of drug-likeness (QED) is 0.0920. The van der Waals surface area contributed by atoms with Gasteiger partial charge in [-0.2, -0.15) is 0 Å². The molecule has 5 heterocycles. The van der Waals surface area contributed by atoms with Gasteiger partial charge in [-0.1, -0.05) is 0 Å². The van der Waals surface area contributed by atoms with Gasteiger partial charge in [0.25, 0.3) is 0 Å². The Balaban J connectivity index is 1.44. The van der Waals surface area contributed by atoms with Gasteiger partial charge in [0.2, 0.25) is 5.91 Å². The molecule has 0 radical (unpaired) electrons. The largest absolute Gasteiger partial charge is 0.394 e. The summed E-state index contributed by atoms with van der Waals surface area (Å²) >= 11 is 0. The number of aliphatic hydroxyl groups is 13. The van der Waals surface area contributed by atoms with Crippen LogP contribution in [-0.2, 0) is 47.4 Å². The first-order chi connectivity index (χ1) is 26.3. The van der Waals surface area contributed by atoms with E-state index in [0.717, 1.165) is 6.92 Å². The maximum absolute atomic E-state index is 12.5. The molecule has 0 spiro atoms. The molecule has 0 bridgehead atoms. The van der Waals surface area contributed by atoms with Crippen molar-refractivity contribution in [1.82, 2.24) is 5.32 Å². The van der Waals surface area contributed by atoms with Crippen LogP contribution in [0.1, 0.15) is 27.7 Å². The molecular formula is C32H55NO23. The number of carbonyl (C=O) groups is 1. The van der Waals surface area contributed by atoms with Crippen LogP contribution in [0.2, 0.25) is 0 Å². The molecule has 0 aromatic heterocycles. The molecule has 5 fully saturated rings. The van der Waals surface area contributed by atoms with Gasteiger partial charge < -0.3 is 114 Å². The maximum Gasteiger partial charge on any atom is 0.217 e. The smallest absolute Gasteiger partial charge is 0.217 e. The van der Waals surface area contributed by atoms with Crippen LogP contribution in [-0.4, -0.2) is 239 Å². The molecule has 24 heteroatoms. The maximum atomic E-state index is 12.5. The molecule has 14 N–H and O–H groups in total. The van der Waals surface area contributed by atoms with Gasteiger partial charge in [-0.05, 0) is 20.8 Å². The predicted molar refractivity (Wildman–Crippen MR) is 174 cm³/mol. The summed E-state index contributed by atoms with van der Waals surface area (Å²) in [6.45, 7) is 3.45. The molecule has 56 heavy (non-hydrogen) atoms. The summed E-state index contributed by atoms with van der Waals surface area (Å²) in [7, 11) is 0. The van der Waals surface area contributed by atoms with E-state index in [1.54, 1.807) is 0 Å². The summed E-state index contributed by atoms with van der Waals surface area (Å²) in [5.74, 6) is -0.745. The number of hydrogen-bond donors (Lipinski definition) is 14. The van der Waals surface area contributed by atoms with E-state index in [1.807, 2.05) is 0 Å². The Labute approximate surface area is 319 Å². The van der Waals surface area contributed by atoms with Crippen molar-refractivity contribution >= 4 is 5.91 Å². The van der Waals surface area contributed by atoms with Crippen LogP contribution in [0.25, 0.3) is 0 Å². The summed E-state index contributed by atoms with van der Waals surface area (Å²) in [4.78, 5) is 12.5. The van der Waals surface area contributed by atoms with Crippen LogP contribution in [0.5, 0.6) is 0 Å². The van der Waals surface area contributed by atoms with Gasteiger partial charge in [0.15, 0.2) is 31.5 Å². The van der Waals surface area contributed by atoms with Crippen molar-refractivity contribution in [3.63, 3.8) is 0 Å². The van der Waals surface area contributed by atoms with Gasteiger partial charge in [-0.3, -0.25) is 4.79 Å². The van der Waals surface area contributed by atoms with E-state index in [0.29, 0.717) is 0 Å². The SMILES string of the molecule is CC(=O)N[C@H]1[C@H](O[C@H]2[C@H](O[C@@H]3[C@H](O[C@H]4O[C@H](CO)[C@@H](O)[C@H](O)[C@H]4O)[C@@H](O)[C@H](C)O[C@H]3O)O[C@@H](C)[C@H](O)[C@H]2O)O[C@H](CO)[C@@H](O)[C@@H]1O[C@@H]1O[C@@H](C)[C@H](O)[C@@H](O)[C@H]1O. The second-order valence-electron chi connectivity index (χ2n) is 14.6. The van der Waals surface area contributed by atoms with E-state index in [1.165, 1.54) is 20.8 Å². The molecule has 0 aliphatic carbocycles. The van der Waals surface area contributed by atoms with Crippen molar-refractivity contribution < 1.29 is 114 Å². The van der Waals surface area contributed by atoms with E-state index in [2.05, 4.69) is 5.32 Å². The fourth-order valence-corrected chi connectivity index (χ4v) is 7.22. The van der Waals surface area contributed by atoms with Crippen molar-refractivity contribution in [1.29, 1.82) is 0 Å². The number of aliphatic hydroxyl groups excluding tert-OH is 13. The Bertz CT molecular complexity index is 1270. The standard InChI is InChI=1S/C32H55NO23/c1-7-14(37)19(42)22(45)30(49-7)53-24-13(33-10(4)36)29(51-12(6-35)18(24)41)55-26-21(44)15(38)8(2)50-32(26)56-27-25(16(39)9(3)48-28(27)47)54-31-23(46)20(43)17(40)11(5-34)52-31/h7-9,11-32,34-35,37-47H,5-6H2,1-4H3,(H,33,36)/t7-,8-,9-,11+,12+,13+,14-,15-,16-,17+,18+,19+,20-,21+,22+,23+,24+,25+,26+,27+,28+,29-,30-,31+,32-/m0/s1. The molecule has 5 rings (SSSR count). The molecule has 24 nitrogen and oxygen atoms in total. The van der Waals surface area contributed by atoms with Crippen molar-refractivity contribution in [2.45, 2.75) is 181 Å². The summed E-state index contributed by atoms with van der Waals surface area (Å²) in [6.07, 6.45) is -40.4. The van der Waals surface area contributed by atoms with E-state index >= 15 is 0 Å². The second kappa shape index (κ2) is 18.9. The fourth-order valence-electron chi connectivity index (χ4n) is 7.22. The van der Waals surface area contributed by atoms with E-state index in [-0.39, 0.29) is 0 Å². The fraction of sp³-hybridized carbons (Fsp3) is 0.969. The number of rotatable bonds is 11. The van der Waals surface area contributed by atoms with Gasteiger partial charge in [0.05, 0.1) is 31.5 Å². The van der Waals surface area contributed by atoms with Crippen LogP contribution >= 0.6 is 0 Å².